The van der Waals surface area contributed by atoms with Crippen molar-refractivity contribution in [3.8, 4) is 0 Å². The molecule has 1 atom stereocenters. The lowest BCUT2D eigenvalue weighted by Crippen LogP contribution is -2.27. The third-order valence-corrected chi connectivity index (χ3v) is 3.92. The fourth-order valence-corrected chi connectivity index (χ4v) is 2.35. The summed E-state index contributed by atoms with van der Waals surface area (Å²) in [6.07, 6.45) is 1.85. The fourth-order valence-electron chi connectivity index (χ4n) is 1.93. The van der Waals surface area contributed by atoms with Crippen molar-refractivity contribution in [3.63, 3.8) is 0 Å². The number of halogens is 2. The van der Waals surface area contributed by atoms with Crippen molar-refractivity contribution in [2.75, 3.05) is 0 Å². The summed E-state index contributed by atoms with van der Waals surface area (Å²) in [7, 11) is 0. The molecular weight excluding hydrogens is 203 g/mol. The van der Waals surface area contributed by atoms with E-state index in [9.17, 15) is 0 Å². The summed E-state index contributed by atoms with van der Waals surface area (Å²) >= 11 is 12.4. The molecule has 0 radical (unpaired) electrons. The van der Waals surface area contributed by atoms with E-state index >= 15 is 0 Å². The number of fused-ring (bicyclic) bond motifs is 1. The van der Waals surface area contributed by atoms with Crippen molar-refractivity contribution in [1.82, 2.24) is 0 Å². The summed E-state index contributed by atoms with van der Waals surface area (Å²) in [6.45, 7) is 2.10. The molecule has 1 unspecified atom stereocenters. The maximum Gasteiger partial charge on any atom is 0.125 e. The van der Waals surface area contributed by atoms with E-state index in [2.05, 4.69) is 25.1 Å². The molecule has 70 valence electrons. The number of alkyl halides is 2. The molecule has 0 aliphatic heterocycles. The quantitative estimate of drug-likeness (QED) is 0.575. The number of aryl methyl sites for hydroxylation is 1. The van der Waals surface area contributed by atoms with Crippen LogP contribution in [0.4, 0.5) is 0 Å². The summed E-state index contributed by atoms with van der Waals surface area (Å²) in [5.41, 5.74) is 2.70. The van der Waals surface area contributed by atoms with Gasteiger partial charge in [-0.2, -0.15) is 0 Å². The van der Waals surface area contributed by atoms with Gasteiger partial charge in [0.1, 0.15) is 4.33 Å². The first-order chi connectivity index (χ1) is 6.11. The number of hydrogen-bond acceptors (Lipinski definition) is 0. The van der Waals surface area contributed by atoms with Crippen LogP contribution in [-0.4, -0.2) is 4.33 Å². The van der Waals surface area contributed by atoms with Gasteiger partial charge in [-0.25, -0.2) is 0 Å². The molecular formula is C11H12Cl2. The van der Waals surface area contributed by atoms with Crippen molar-refractivity contribution in [1.29, 1.82) is 0 Å². The lowest BCUT2D eigenvalue weighted by molar-refractivity contribution is 0.552. The predicted molar refractivity (Wildman–Crippen MR) is 57.6 cm³/mol. The highest BCUT2D eigenvalue weighted by atomic mass is 35.5. The number of benzene rings is 1. The summed E-state index contributed by atoms with van der Waals surface area (Å²) in [5, 5.41) is 0. The Kier molecular flexibility index (Phi) is 2.29. The average molecular weight is 215 g/mol. The minimum absolute atomic E-state index is 0.237. The van der Waals surface area contributed by atoms with Crippen LogP contribution in [-0.2, 0) is 6.42 Å². The summed E-state index contributed by atoms with van der Waals surface area (Å²) < 4.78 is -0.575. The normalized spacial score (nSPS) is 25.3. The van der Waals surface area contributed by atoms with Gasteiger partial charge in [0.25, 0.3) is 0 Å². The third-order valence-electron chi connectivity index (χ3n) is 2.88. The topological polar surface area (TPSA) is 0 Å². The van der Waals surface area contributed by atoms with Gasteiger partial charge in [-0.15, -0.1) is 23.2 Å². The minimum atomic E-state index is -0.575. The molecule has 0 fully saturated rings. The van der Waals surface area contributed by atoms with E-state index in [1.165, 1.54) is 11.1 Å². The molecule has 0 spiro atoms. The number of rotatable bonds is 0. The van der Waals surface area contributed by atoms with Crippen molar-refractivity contribution in [2.45, 2.75) is 30.0 Å². The SMILES string of the molecule is CC1c2ccccc2CCC1(Cl)Cl. The summed E-state index contributed by atoms with van der Waals surface area (Å²) in [5.74, 6) is 0.237. The standard InChI is InChI=1S/C11H12Cl2/c1-8-10-5-3-2-4-9(10)6-7-11(8,12)13/h2-5,8H,6-7H2,1H3. The Morgan fingerprint density at radius 1 is 1.31 bits per heavy atom. The molecule has 0 heterocycles. The molecule has 0 nitrogen and oxygen atoms in total. The van der Waals surface area contributed by atoms with E-state index in [0.717, 1.165) is 12.8 Å². The smallest absolute Gasteiger partial charge is 0.101 e. The Morgan fingerprint density at radius 2 is 2.00 bits per heavy atom. The lowest BCUT2D eigenvalue weighted by Gasteiger charge is -2.33. The van der Waals surface area contributed by atoms with Gasteiger partial charge in [-0.1, -0.05) is 31.2 Å². The van der Waals surface area contributed by atoms with Gasteiger partial charge in [0, 0.05) is 5.92 Å². The van der Waals surface area contributed by atoms with Crippen LogP contribution in [0.15, 0.2) is 24.3 Å². The second-order valence-corrected chi connectivity index (χ2v) is 5.22. The van der Waals surface area contributed by atoms with Gasteiger partial charge in [-0.05, 0) is 24.0 Å². The van der Waals surface area contributed by atoms with E-state index in [0.29, 0.717) is 0 Å². The molecule has 0 saturated carbocycles. The summed E-state index contributed by atoms with van der Waals surface area (Å²) in [4.78, 5) is 0. The van der Waals surface area contributed by atoms with Crippen LogP contribution in [0, 0.1) is 0 Å². The maximum atomic E-state index is 6.22. The maximum absolute atomic E-state index is 6.22. The molecule has 1 aliphatic rings. The Morgan fingerprint density at radius 3 is 2.77 bits per heavy atom. The first-order valence-electron chi connectivity index (χ1n) is 4.57. The first-order valence-corrected chi connectivity index (χ1v) is 5.32. The molecule has 1 aromatic rings. The van der Waals surface area contributed by atoms with Crippen LogP contribution < -0.4 is 0 Å². The molecule has 0 saturated heterocycles. The molecule has 0 bridgehead atoms. The molecule has 13 heavy (non-hydrogen) atoms. The van der Waals surface area contributed by atoms with Crippen molar-refractivity contribution in [2.24, 2.45) is 0 Å². The molecule has 0 amide bonds. The highest BCUT2D eigenvalue weighted by molar-refractivity contribution is 6.49. The summed E-state index contributed by atoms with van der Waals surface area (Å²) in [6, 6.07) is 8.40. The zero-order chi connectivity index (χ0) is 9.47. The first kappa shape index (κ1) is 9.36. The van der Waals surface area contributed by atoms with E-state index in [1.54, 1.807) is 0 Å². The van der Waals surface area contributed by atoms with Crippen molar-refractivity contribution >= 4 is 23.2 Å². The Balaban J connectivity index is 2.45. The zero-order valence-electron chi connectivity index (χ0n) is 7.56. The third kappa shape index (κ3) is 1.58. The molecule has 1 aliphatic carbocycles. The molecule has 0 aromatic heterocycles. The average Bonchev–Trinajstić information content (AvgIpc) is 2.13. The highest BCUT2D eigenvalue weighted by Gasteiger charge is 2.36. The van der Waals surface area contributed by atoms with Crippen LogP contribution in [0.2, 0.25) is 0 Å². The molecule has 2 heteroatoms. The van der Waals surface area contributed by atoms with Gasteiger partial charge < -0.3 is 0 Å². The Hall–Kier alpha value is -0.200. The minimum Gasteiger partial charge on any atom is -0.101 e. The van der Waals surface area contributed by atoms with E-state index in [-0.39, 0.29) is 5.92 Å². The predicted octanol–water partition coefficient (Wildman–Crippen LogP) is 3.91. The van der Waals surface area contributed by atoms with Crippen molar-refractivity contribution < 1.29 is 0 Å². The lowest BCUT2D eigenvalue weighted by atomic mass is 9.83. The second kappa shape index (κ2) is 3.18. The van der Waals surface area contributed by atoms with Crippen LogP contribution >= 0.6 is 23.2 Å². The van der Waals surface area contributed by atoms with Gasteiger partial charge in [0.15, 0.2) is 0 Å². The van der Waals surface area contributed by atoms with Crippen LogP contribution in [0.25, 0.3) is 0 Å². The zero-order valence-corrected chi connectivity index (χ0v) is 9.07. The monoisotopic (exact) mass is 214 g/mol. The Bertz CT molecular complexity index is 318. The highest BCUT2D eigenvalue weighted by Crippen LogP contribution is 2.45. The van der Waals surface area contributed by atoms with Gasteiger partial charge >= 0.3 is 0 Å². The van der Waals surface area contributed by atoms with Crippen molar-refractivity contribution in [3.05, 3.63) is 35.4 Å². The van der Waals surface area contributed by atoms with Gasteiger partial charge in [0.05, 0.1) is 0 Å². The molecule has 0 N–H and O–H groups in total. The van der Waals surface area contributed by atoms with Crippen LogP contribution in [0.1, 0.15) is 30.4 Å². The molecule has 1 aromatic carbocycles. The van der Waals surface area contributed by atoms with Gasteiger partial charge in [-0.3, -0.25) is 0 Å². The van der Waals surface area contributed by atoms with E-state index in [1.807, 2.05) is 6.07 Å². The number of hydrogen-bond donors (Lipinski definition) is 0. The fraction of sp³-hybridized carbons (Fsp3) is 0.455. The van der Waals surface area contributed by atoms with E-state index < -0.39 is 4.33 Å². The van der Waals surface area contributed by atoms with Crippen LogP contribution in [0.5, 0.6) is 0 Å². The van der Waals surface area contributed by atoms with E-state index in [4.69, 9.17) is 23.2 Å². The second-order valence-electron chi connectivity index (χ2n) is 3.68. The Labute approximate surface area is 88.9 Å². The molecule has 2 rings (SSSR count). The largest absolute Gasteiger partial charge is 0.125 e. The van der Waals surface area contributed by atoms with Crippen LogP contribution in [0.3, 0.4) is 0 Å². The van der Waals surface area contributed by atoms with Gasteiger partial charge in [0.2, 0.25) is 0 Å².